The number of methoxy groups -OCH3 is 1. The third-order valence-corrected chi connectivity index (χ3v) is 2.87. The molecule has 1 heterocycles. The minimum absolute atomic E-state index is 0.0153. The van der Waals surface area contributed by atoms with Crippen molar-refractivity contribution in [1.82, 2.24) is 4.98 Å². The van der Waals surface area contributed by atoms with E-state index in [0.29, 0.717) is 12.2 Å². The quantitative estimate of drug-likeness (QED) is 0.851. The Morgan fingerprint density at radius 3 is 2.76 bits per heavy atom. The zero-order valence-corrected chi connectivity index (χ0v) is 12.2. The first-order chi connectivity index (χ1) is 10.2. The zero-order chi connectivity index (χ0) is 15.1. The highest BCUT2D eigenvalue weighted by Gasteiger charge is 2.02. The molecule has 5 heteroatoms. The van der Waals surface area contributed by atoms with Crippen LogP contribution in [-0.4, -0.2) is 18.0 Å². The Morgan fingerprint density at radius 2 is 2.10 bits per heavy atom. The molecule has 2 rings (SSSR count). The van der Waals surface area contributed by atoms with Crippen LogP contribution in [0.25, 0.3) is 0 Å². The van der Waals surface area contributed by atoms with Gasteiger partial charge in [0.05, 0.1) is 19.0 Å². The highest BCUT2D eigenvalue weighted by molar-refractivity contribution is 5.89. The number of pyridine rings is 1. The topological polar surface area (TPSA) is 63.2 Å². The third-order valence-electron chi connectivity index (χ3n) is 2.87. The smallest absolute Gasteiger partial charge is 0.225 e. The molecule has 1 amide bonds. The molecule has 0 spiro atoms. The Kier molecular flexibility index (Phi) is 5.15. The van der Waals surface area contributed by atoms with E-state index >= 15 is 0 Å². The largest absolute Gasteiger partial charge is 0.497 e. The summed E-state index contributed by atoms with van der Waals surface area (Å²) in [6.45, 7) is 1.97. The van der Waals surface area contributed by atoms with E-state index in [1.54, 1.807) is 19.4 Å². The van der Waals surface area contributed by atoms with Gasteiger partial charge in [-0.1, -0.05) is 13.0 Å². The van der Waals surface area contributed by atoms with Gasteiger partial charge in [-0.05, 0) is 30.7 Å². The summed E-state index contributed by atoms with van der Waals surface area (Å²) < 4.78 is 5.18. The maximum Gasteiger partial charge on any atom is 0.225 e. The normalized spacial score (nSPS) is 10.0. The van der Waals surface area contributed by atoms with Crippen molar-refractivity contribution in [1.29, 1.82) is 0 Å². The Labute approximate surface area is 124 Å². The van der Waals surface area contributed by atoms with Crippen LogP contribution in [0, 0.1) is 0 Å². The maximum atomic E-state index is 11.5. The average molecular weight is 285 g/mol. The Hall–Kier alpha value is -2.56. The number of hydrogen-bond donors (Lipinski definition) is 2. The van der Waals surface area contributed by atoms with Gasteiger partial charge in [0.2, 0.25) is 5.91 Å². The van der Waals surface area contributed by atoms with Gasteiger partial charge >= 0.3 is 0 Å². The molecule has 0 aliphatic rings. The minimum Gasteiger partial charge on any atom is -0.497 e. The first-order valence-electron chi connectivity index (χ1n) is 6.88. The fraction of sp³-hybridized carbons (Fsp3) is 0.250. The molecule has 21 heavy (non-hydrogen) atoms. The highest BCUT2D eigenvalue weighted by atomic mass is 16.5. The molecule has 110 valence electrons. The standard InChI is InChI=1S/C16H19N3O2/c1-3-5-16(20)19-15-9-8-13(11-17-15)18-12-6-4-7-14(10-12)21-2/h4,6-11,18H,3,5H2,1-2H3,(H,17,19,20). The molecule has 1 aromatic carbocycles. The lowest BCUT2D eigenvalue weighted by Crippen LogP contribution is -2.11. The predicted molar refractivity (Wildman–Crippen MR) is 84.1 cm³/mol. The molecular formula is C16H19N3O2. The molecule has 2 aromatic rings. The lowest BCUT2D eigenvalue weighted by Gasteiger charge is -2.09. The number of benzene rings is 1. The van der Waals surface area contributed by atoms with Crippen molar-refractivity contribution in [2.45, 2.75) is 19.8 Å². The maximum absolute atomic E-state index is 11.5. The number of amides is 1. The first kappa shape index (κ1) is 14.8. The van der Waals surface area contributed by atoms with Gasteiger partial charge in [0.1, 0.15) is 11.6 Å². The highest BCUT2D eigenvalue weighted by Crippen LogP contribution is 2.21. The van der Waals surface area contributed by atoms with E-state index in [1.165, 1.54) is 0 Å². The van der Waals surface area contributed by atoms with Gasteiger partial charge in [0, 0.05) is 18.2 Å². The van der Waals surface area contributed by atoms with E-state index in [9.17, 15) is 4.79 Å². The second kappa shape index (κ2) is 7.28. The van der Waals surface area contributed by atoms with Crippen LogP contribution in [0.15, 0.2) is 42.6 Å². The van der Waals surface area contributed by atoms with Crippen LogP contribution >= 0.6 is 0 Å². The summed E-state index contributed by atoms with van der Waals surface area (Å²) in [5, 5.41) is 5.98. The van der Waals surface area contributed by atoms with Gasteiger partial charge in [-0.25, -0.2) is 4.98 Å². The third kappa shape index (κ3) is 4.49. The van der Waals surface area contributed by atoms with Crippen molar-refractivity contribution < 1.29 is 9.53 Å². The molecule has 0 saturated carbocycles. The van der Waals surface area contributed by atoms with E-state index in [-0.39, 0.29) is 5.91 Å². The van der Waals surface area contributed by atoms with Crippen molar-refractivity contribution >= 4 is 23.1 Å². The van der Waals surface area contributed by atoms with Crippen molar-refractivity contribution in [3.8, 4) is 5.75 Å². The second-order valence-electron chi connectivity index (χ2n) is 4.59. The van der Waals surface area contributed by atoms with Gasteiger partial charge < -0.3 is 15.4 Å². The summed E-state index contributed by atoms with van der Waals surface area (Å²) in [5.41, 5.74) is 1.76. The van der Waals surface area contributed by atoms with Crippen LogP contribution in [-0.2, 0) is 4.79 Å². The molecular weight excluding hydrogens is 266 g/mol. The Bertz CT molecular complexity index is 597. The molecule has 5 nitrogen and oxygen atoms in total. The first-order valence-corrected chi connectivity index (χ1v) is 6.88. The lowest BCUT2D eigenvalue weighted by molar-refractivity contribution is -0.116. The van der Waals surface area contributed by atoms with E-state index in [0.717, 1.165) is 23.5 Å². The number of hydrogen-bond acceptors (Lipinski definition) is 4. The van der Waals surface area contributed by atoms with Crippen LogP contribution in [0.5, 0.6) is 5.75 Å². The van der Waals surface area contributed by atoms with Crippen LogP contribution in [0.2, 0.25) is 0 Å². The molecule has 0 atom stereocenters. The fourth-order valence-electron chi connectivity index (χ4n) is 1.84. The average Bonchev–Trinajstić information content (AvgIpc) is 2.50. The number of rotatable bonds is 6. The fourth-order valence-corrected chi connectivity index (χ4v) is 1.84. The summed E-state index contributed by atoms with van der Waals surface area (Å²) in [6, 6.07) is 11.3. The Morgan fingerprint density at radius 1 is 1.24 bits per heavy atom. The Balaban J connectivity index is 2.00. The molecule has 0 fully saturated rings. The van der Waals surface area contributed by atoms with Crippen LogP contribution in [0.3, 0.4) is 0 Å². The number of ether oxygens (including phenoxy) is 1. The van der Waals surface area contributed by atoms with Gasteiger partial charge in [-0.2, -0.15) is 0 Å². The number of nitrogens with one attached hydrogen (secondary N) is 2. The van der Waals surface area contributed by atoms with E-state index < -0.39 is 0 Å². The molecule has 0 radical (unpaired) electrons. The SMILES string of the molecule is CCCC(=O)Nc1ccc(Nc2cccc(OC)c2)cn1. The van der Waals surface area contributed by atoms with Crippen molar-refractivity contribution in [2.75, 3.05) is 17.7 Å². The number of aromatic nitrogens is 1. The summed E-state index contributed by atoms with van der Waals surface area (Å²) in [6.07, 6.45) is 3.01. The number of nitrogens with zero attached hydrogens (tertiary/aromatic N) is 1. The number of carbonyl (C=O) groups excluding carboxylic acids is 1. The van der Waals surface area contributed by atoms with Gasteiger partial charge in [0.15, 0.2) is 0 Å². The van der Waals surface area contributed by atoms with E-state index in [4.69, 9.17) is 4.74 Å². The summed E-state index contributed by atoms with van der Waals surface area (Å²) in [7, 11) is 1.63. The van der Waals surface area contributed by atoms with Crippen LogP contribution in [0.1, 0.15) is 19.8 Å². The van der Waals surface area contributed by atoms with E-state index in [1.807, 2.05) is 37.3 Å². The van der Waals surface area contributed by atoms with Crippen molar-refractivity contribution in [2.24, 2.45) is 0 Å². The molecule has 0 aliphatic carbocycles. The lowest BCUT2D eigenvalue weighted by atomic mass is 10.3. The minimum atomic E-state index is -0.0153. The monoisotopic (exact) mass is 285 g/mol. The summed E-state index contributed by atoms with van der Waals surface area (Å²) >= 11 is 0. The molecule has 1 aromatic heterocycles. The van der Waals surface area contributed by atoms with E-state index in [2.05, 4.69) is 15.6 Å². The molecule has 0 bridgehead atoms. The molecule has 0 unspecified atom stereocenters. The zero-order valence-electron chi connectivity index (χ0n) is 12.2. The van der Waals surface area contributed by atoms with Gasteiger partial charge in [-0.15, -0.1) is 0 Å². The number of carbonyl (C=O) groups is 1. The van der Waals surface area contributed by atoms with Crippen molar-refractivity contribution in [3.05, 3.63) is 42.6 Å². The van der Waals surface area contributed by atoms with Crippen LogP contribution < -0.4 is 15.4 Å². The van der Waals surface area contributed by atoms with Crippen molar-refractivity contribution in [3.63, 3.8) is 0 Å². The number of anilines is 3. The summed E-state index contributed by atoms with van der Waals surface area (Å²) in [5.74, 6) is 1.33. The predicted octanol–water partition coefficient (Wildman–Crippen LogP) is 3.57. The molecule has 0 aliphatic heterocycles. The second-order valence-corrected chi connectivity index (χ2v) is 4.59. The van der Waals surface area contributed by atoms with Gasteiger partial charge in [-0.3, -0.25) is 4.79 Å². The van der Waals surface area contributed by atoms with Crippen LogP contribution in [0.4, 0.5) is 17.2 Å². The molecule has 0 saturated heterocycles. The summed E-state index contributed by atoms with van der Waals surface area (Å²) in [4.78, 5) is 15.7. The molecule has 2 N–H and O–H groups in total. The van der Waals surface area contributed by atoms with Gasteiger partial charge in [0.25, 0.3) is 0 Å².